The number of rotatable bonds is 5. The second-order valence-corrected chi connectivity index (χ2v) is 14.4. The average molecular weight is 731 g/mol. The topological polar surface area (TPSA) is 69.9 Å². The molecule has 0 bridgehead atoms. The van der Waals surface area contributed by atoms with E-state index in [-0.39, 0.29) is 0 Å². The number of nitrogens with zero attached hydrogens (tertiary/aromatic N) is 4. The Morgan fingerprint density at radius 3 is 1.74 bits per heavy atom. The SMILES string of the molecule is c1ccc(-c2nc(-c3ccc(-c4ccc5c(c4)oc4cccc(-c6ccccc6)c45)cc3)nc(-n3c4ccccc4c4c5c(ccc43)oc3ccccc35)n2)cc1. The summed E-state index contributed by atoms with van der Waals surface area (Å²) in [7, 11) is 0. The Morgan fingerprint density at radius 1 is 0.333 bits per heavy atom. The van der Waals surface area contributed by atoms with E-state index in [0.717, 1.165) is 87.9 Å². The van der Waals surface area contributed by atoms with Crippen LogP contribution in [0, 0.1) is 0 Å². The van der Waals surface area contributed by atoms with E-state index in [0.29, 0.717) is 17.6 Å². The predicted molar refractivity (Wildman–Crippen MR) is 230 cm³/mol. The van der Waals surface area contributed by atoms with Crippen LogP contribution in [0.3, 0.4) is 0 Å². The third-order valence-electron chi connectivity index (χ3n) is 11.1. The lowest BCUT2D eigenvalue weighted by molar-refractivity contribution is 0.669. The molecule has 12 aromatic rings. The second kappa shape index (κ2) is 12.3. The summed E-state index contributed by atoms with van der Waals surface area (Å²) in [5.74, 6) is 1.74. The minimum atomic E-state index is 0.548. The molecule has 0 spiro atoms. The molecule has 0 saturated carbocycles. The van der Waals surface area contributed by atoms with Crippen molar-refractivity contribution in [3.05, 3.63) is 182 Å². The first kappa shape index (κ1) is 31.5. The highest BCUT2D eigenvalue weighted by Gasteiger charge is 2.21. The molecule has 6 heteroatoms. The zero-order chi connectivity index (χ0) is 37.5. The number of furan rings is 2. The maximum absolute atomic E-state index is 6.44. The molecule has 0 fully saturated rings. The summed E-state index contributed by atoms with van der Waals surface area (Å²) in [6.45, 7) is 0. The van der Waals surface area contributed by atoms with E-state index in [1.54, 1.807) is 0 Å². The normalized spacial score (nSPS) is 11.9. The lowest BCUT2D eigenvalue weighted by Gasteiger charge is -2.11. The number of hydrogen-bond donors (Lipinski definition) is 0. The molecule has 4 aromatic heterocycles. The molecular formula is C51H30N4O2. The van der Waals surface area contributed by atoms with Crippen molar-refractivity contribution in [2.45, 2.75) is 0 Å². The summed E-state index contributed by atoms with van der Waals surface area (Å²) in [6, 6.07) is 62.6. The van der Waals surface area contributed by atoms with Crippen molar-refractivity contribution in [2.24, 2.45) is 0 Å². The summed E-state index contributed by atoms with van der Waals surface area (Å²) < 4.78 is 14.9. The van der Waals surface area contributed by atoms with Gasteiger partial charge in [-0.2, -0.15) is 9.97 Å². The third-order valence-corrected chi connectivity index (χ3v) is 11.1. The molecule has 4 heterocycles. The van der Waals surface area contributed by atoms with Crippen LogP contribution in [-0.2, 0) is 0 Å². The van der Waals surface area contributed by atoms with Gasteiger partial charge in [0.15, 0.2) is 11.6 Å². The maximum Gasteiger partial charge on any atom is 0.238 e. The van der Waals surface area contributed by atoms with Crippen LogP contribution < -0.4 is 0 Å². The van der Waals surface area contributed by atoms with Crippen molar-refractivity contribution in [1.82, 2.24) is 19.5 Å². The van der Waals surface area contributed by atoms with Crippen molar-refractivity contribution in [3.63, 3.8) is 0 Å². The van der Waals surface area contributed by atoms with Crippen LogP contribution in [0.2, 0.25) is 0 Å². The van der Waals surface area contributed by atoms with E-state index in [9.17, 15) is 0 Å². The molecule has 0 unspecified atom stereocenters. The highest BCUT2D eigenvalue weighted by atomic mass is 16.3. The van der Waals surface area contributed by atoms with E-state index < -0.39 is 0 Å². The first-order valence-electron chi connectivity index (χ1n) is 19.0. The van der Waals surface area contributed by atoms with Crippen LogP contribution >= 0.6 is 0 Å². The highest BCUT2D eigenvalue weighted by molar-refractivity contribution is 6.27. The molecule has 6 nitrogen and oxygen atoms in total. The van der Waals surface area contributed by atoms with Crippen molar-refractivity contribution in [3.8, 4) is 51.0 Å². The summed E-state index contributed by atoms with van der Waals surface area (Å²) in [5.41, 5.74) is 11.7. The molecular weight excluding hydrogens is 701 g/mol. The first-order chi connectivity index (χ1) is 28.2. The number of para-hydroxylation sites is 2. The summed E-state index contributed by atoms with van der Waals surface area (Å²) >= 11 is 0. The quantitative estimate of drug-likeness (QED) is 0.176. The molecule has 0 N–H and O–H groups in total. The maximum atomic E-state index is 6.44. The van der Waals surface area contributed by atoms with Crippen LogP contribution in [0.1, 0.15) is 0 Å². The van der Waals surface area contributed by atoms with Gasteiger partial charge in [-0.3, -0.25) is 4.57 Å². The van der Waals surface area contributed by atoms with Gasteiger partial charge in [-0.25, -0.2) is 4.98 Å². The highest BCUT2D eigenvalue weighted by Crippen LogP contribution is 2.42. The number of aromatic nitrogens is 4. The fourth-order valence-electron chi connectivity index (χ4n) is 8.48. The van der Waals surface area contributed by atoms with Crippen LogP contribution in [-0.4, -0.2) is 19.5 Å². The lowest BCUT2D eigenvalue weighted by atomic mass is 9.98. The van der Waals surface area contributed by atoms with Crippen molar-refractivity contribution in [2.75, 3.05) is 0 Å². The zero-order valence-corrected chi connectivity index (χ0v) is 30.4. The van der Waals surface area contributed by atoms with E-state index in [1.165, 1.54) is 11.1 Å². The molecule has 0 saturated heterocycles. The van der Waals surface area contributed by atoms with Gasteiger partial charge in [-0.05, 0) is 64.7 Å². The van der Waals surface area contributed by atoms with E-state index >= 15 is 0 Å². The van der Waals surface area contributed by atoms with Crippen LogP contribution in [0.5, 0.6) is 0 Å². The van der Waals surface area contributed by atoms with E-state index in [4.69, 9.17) is 23.8 Å². The van der Waals surface area contributed by atoms with Gasteiger partial charge in [0.25, 0.3) is 0 Å². The summed E-state index contributed by atoms with van der Waals surface area (Å²) in [5, 5.41) is 6.62. The Hall–Kier alpha value is -7.83. The van der Waals surface area contributed by atoms with Gasteiger partial charge in [0.2, 0.25) is 5.95 Å². The molecule has 0 aliphatic heterocycles. The Labute approximate surface area is 325 Å². The van der Waals surface area contributed by atoms with Gasteiger partial charge in [0.1, 0.15) is 22.3 Å². The average Bonchev–Trinajstić information content (AvgIpc) is 3.96. The zero-order valence-electron chi connectivity index (χ0n) is 30.4. The Balaban J connectivity index is 0.998. The Bertz CT molecular complexity index is 3510. The number of hydrogen-bond acceptors (Lipinski definition) is 5. The molecule has 0 aliphatic rings. The molecule has 266 valence electrons. The predicted octanol–water partition coefficient (Wildman–Crippen LogP) is 13.4. The van der Waals surface area contributed by atoms with Gasteiger partial charge in [0.05, 0.1) is 11.0 Å². The fraction of sp³-hybridized carbons (Fsp3) is 0. The molecule has 0 amide bonds. The summed E-state index contributed by atoms with van der Waals surface area (Å²) in [4.78, 5) is 15.4. The van der Waals surface area contributed by atoms with E-state index in [1.807, 2.05) is 54.6 Å². The fourth-order valence-corrected chi connectivity index (χ4v) is 8.48. The molecule has 0 aliphatic carbocycles. The second-order valence-electron chi connectivity index (χ2n) is 14.4. The minimum absolute atomic E-state index is 0.548. The minimum Gasteiger partial charge on any atom is -0.456 e. The molecule has 12 rings (SSSR count). The van der Waals surface area contributed by atoms with E-state index in [2.05, 4.69) is 132 Å². The molecule has 57 heavy (non-hydrogen) atoms. The number of benzene rings is 8. The molecule has 0 radical (unpaired) electrons. The Kier molecular flexibility index (Phi) is 6.83. The van der Waals surface area contributed by atoms with Crippen molar-refractivity contribution >= 4 is 65.7 Å². The first-order valence-corrected chi connectivity index (χ1v) is 19.0. The lowest BCUT2D eigenvalue weighted by Crippen LogP contribution is -2.06. The van der Waals surface area contributed by atoms with Crippen LogP contribution in [0.15, 0.2) is 191 Å². The van der Waals surface area contributed by atoms with Gasteiger partial charge >= 0.3 is 0 Å². The third kappa shape index (κ3) is 4.94. The molecule has 0 atom stereocenters. The van der Waals surface area contributed by atoms with Gasteiger partial charge in [-0.15, -0.1) is 0 Å². The van der Waals surface area contributed by atoms with Gasteiger partial charge in [0, 0.05) is 43.4 Å². The van der Waals surface area contributed by atoms with Gasteiger partial charge < -0.3 is 8.83 Å². The Morgan fingerprint density at radius 2 is 0.930 bits per heavy atom. The smallest absolute Gasteiger partial charge is 0.238 e. The van der Waals surface area contributed by atoms with Crippen molar-refractivity contribution in [1.29, 1.82) is 0 Å². The molecule has 8 aromatic carbocycles. The number of fused-ring (bicyclic) bond motifs is 10. The monoisotopic (exact) mass is 730 g/mol. The summed E-state index contributed by atoms with van der Waals surface area (Å²) in [6.07, 6.45) is 0. The van der Waals surface area contributed by atoms with Crippen molar-refractivity contribution < 1.29 is 8.83 Å². The van der Waals surface area contributed by atoms with Crippen LogP contribution in [0.4, 0.5) is 0 Å². The van der Waals surface area contributed by atoms with Crippen LogP contribution in [0.25, 0.3) is 117 Å². The van der Waals surface area contributed by atoms with Gasteiger partial charge in [-0.1, -0.05) is 140 Å². The standard InChI is InChI=1S/C51H30N4O2/c1-3-12-32(13-4-1)36-18-11-21-43-46(36)39-27-26-35(30-45(39)57-43)31-22-24-34(25-23-31)50-52-49(33-14-5-2-6-15-33)53-51(54-50)55-40-19-9-7-16-37(40)47-41(55)28-29-44-48(47)38-17-8-10-20-42(38)56-44/h1-30H. The largest absolute Gasteiger partial charge is 0.456 e.